The lowest BCUT2D eigenvalue weighted by Crippen LogP contribution is -2.39. The van der Waals surface area contributed by atoms with E-state index in [-0.39, 0.29) is 43.2 Å². The molecule has 0 aliphatic heterocycles. The molecule has 1 aromatic heterocycles. The van der Waals surface area contributed by atoms with E-state index in [1.54, 1.807) is 18.7 Å². The van der Waals surface area contributed by atoms with Crippen LogP contribution in [0, 0.1) is 6.92 Å². The lowest BCUT2D eigenvalue weighted by molar-refractivity contribution is -0.145. The molecule has 1 aromatic carbocycles. The van der Waals surface area contributed by atoms with E-state index in [0.717, 1.165) is 16.9 Å². The summed E-state index contributed by atoms with van der Waals surface area (Å²) in [5.74, 6) is -0.529. The fraction of sp³-hybridized carbons (Fsp3) is 0.538. The third-order valence-electron chi connectivity index (χ3n) is 5.40. The maximum atomic E-state index is 13.1. The van der Waals surface area contributed by atoms with Crippen molar-refractivity contribution in [1.29, 1.82) is 0 Å². The van der Waals surface area contributed by atoms with E-state index < -0.39 is 5.97 Å². The molecule has 0 unspecified atom stereocenters. The predicted molar refractivity (Wildman–Crippen MR) is 135 cm³/mol. The Morgan fingerprint density at radius 3 is 2.49 bits per heavy atom. The fourth-order valence-corrected chi connectivity index (χ4v) is 3.47. The minimum Gasteiger partial charge on any atom is -0.466 e. The largest absolute Gasteiger partial charge is 0.466 e. The van der Waals surface area contributed by atoms with E-state index in [9.17, 15) is 14.4 Å². The van der Waals surface area contributed by atoms with Crippen molar-refractivity contribution in [1.82, 2.24) is 14.7 Å². The van der Waals surface area contributed by atoms with Crippen LogP contribution >= 0.6 is 0 Å². The number of anilines is 1. The highest BCUT2D eigenvalue weighted by Gasteiger charge is 2.23. The molecule has 0 aliphatic carbocycles. The molecule has 9 heteroatoms. The molecule has 0 fully saturated rings. The number of nitrogens with one attached hydrogen (secondary N) is 1. The molecule has 0 aliphatic rings. The third kappa shape index (κ3) is 8.51. The van der Waals surface area contributed by atoms with Crippen LogP contribution in [-0.4, -0.2) is 65.9 Å². The molecule has 35 heavy (non-hydrogen) atoms. The molecular formula is C26H38N4O5. The van der Waals surface area contributed by atoms with Crippen LogP contribution in [0.3, 0.4) is 0 Å². The van der Waals surface area contributed by atoms with Gasteiger partial charge in [0.15, 0.2) is 0 Å². The Hall–Kier alpha value is -3.20. The monoisotopic (exact) mass is 486 g/mol. The van der Waals surface area contributed by atoms with Gasteiger partial charge >= 0.3 is 5.97 Å². The number of benzene rings is 1. The van der Waals surface area contributed by atoms with E-state index in [4.69, 9.17) is 14.6 Å². The van der Waals surface area contributed by atoms with E-state index in [0.29, 0.717) is 25.4 Å². The summed E-state index contributed by atoms with van der Waals surface area (Å²) in [6, 6.07) is 9.67. The number of hydrogen-bond donors (Lipinski definition) is 1. The van der Waals surface area contributed by atoms with Crippen LogP contribution in [-0.2, 0) is 29.3 Å². The standard InChI is InChI=1S/C26H38N4O5/c1-7-35-25(33)14-13-24(32)29(15-10-16-34-6)18-23(31)27-22-17-21(26(3,4)5)28-30(22)20-12-9-8-11-19(20)2/h8-9,11-12,17H,7,10,13-16,18H2,1-6H3,(H,27,31). The number of methoxy groups -OCH3 is 1. The van der Waals surface area contributed by atoms with Crippen LogP contribution in [0.1, 0.15) is 58.2 Å². The molecule has 2 amide bonds. The van der Waals surface area contributed by atoms with Crippen molar-refractivity contribution < 1.29 is 23.9 Å². The van der Waals surface area contributed by atoms with Gasteiger partial charge in [0.2, 0.25) is 11.8 Å². The number of para-hydroxylation sites is 1. The quantitative estimate of drug-likeness (QED) is 0.363. The first kappa shape index (κ1) is 28.0. The predicted octanol–water partition coefficient (Wildman–Crippen LogP) is 3.63. The van der Waals surface area contributed by atoms with E-state index in [1.165, 1.54) is 4.90 Å². The van der Waals surface area contributed by atoms with E-state index in [2.05, 4.69) is 26.1 Å². The smallest absolute Gasteiger partial charge is 0.306 e. The van der Waals surface area contributed by atoms with Gasteiger partial charge < -0.3 is 19.7 Å². The van der Waals surface area contributed by atoms with Crippen molar-refractivity contribution in [2.24, 2.45) is 0 Å². The summed E-state index contributed by atoms with van der Waals surface area (Å²) in [6.45, 7) is 10.8. The van der Waals surface area contributed by atoms with Crippen LogP contribution in [0.15, 0.2) is 30.3 Å². The third-order valence-corrected chi connectivity index (χ3v) is 5.40. The number of esters is 1. The first-order valence-electron chi connectivity index (χ1n) is 12.0. The zero-order valence-electron chi connectivity index (χ0n) is 21.7. The van der Waals surface area contributed by atoms with Gasteiger partial charge in [-0.15, -0.1) is 0 Å². The average Bonchev–Trinajstić information content (AvgIpc) is 3.21. The second kappa shape index (κ2) is 13.0. The highest BCUT2D eigenvalue weighted by molar-refractivity contribution is 5.94. The van der Waals surface area contributed by atoms with Gasteiger partial charge in [-0.3, -0.25) is 14.4 Å². The van der Waals surface area contributed by atoms with Crippen molar-refractivity contribution in [2.75, 3.05) is 38.7 Å². The summed E-state index contributed by atoms with van der Waals surface area (Å²) in [7, 11) is 1.58. The molecule has 0 spiro atoms. The molecule has 0 atom stereocenters. The maximum Gasteiger partial charge on any atom is 0.306 e. The van der Waals surface area contributed by atoms with Gasteiger partial charge in [0.25, 0.3) is 0 Å². The highest BCUT2D eigenvalue weighted by Crippen LogP contribution is 2.27. The lowest BCUT2D eigenvalue weighted by Gasteiger charge is -2.22. The number of ether oxygens (including phenoxy) is 2. The summed E-state index contributed by atoms with van der Waals surface area (Å²) in [5.41, 5.74) is 2.49. The molecule has 1 heterocycles. The Bertz CT molecular complexity index is 1010. The highest BCUT2D eigenvalue weighted by atomic mass is 16.5. The van der Waals surface area contributed by atoms with Crippen LogP contribution in [0.5, 0.6) is 0 Å². The molecule has 2 rings (SSSR count). The Morgan fingerprint density at radius 1 is 1.14 bits per heavy atom. The topological polar surface area (TPSA) is 103 Å². The van der Waals surface area contributed by atoms with Gasteiger partial charge in [-0.25, -0.2) is 4.68 Å². The molecule has 0 saturated heterocycles. The summed E-state index contributed by atoms with van der Waals surface area (Å²) in [6.07, 6.45) is 0.530. The summed E-state index contributed by atoms with van der Waals surface area (Å²) < 4.78 is 11.7. The zero-order valence-corrected chi connectivity index (χ0v) is 21.7. The van der Waals surface area contributed by atoms with Crippen LogP contribution in [0.4, 0.5) is 5.82 Å². The molecule has 0 saturated carbocycles. The zero-order chi connectivity index (χ0) is 26.0. The Labute approximate surface area is 207 Å². The van der Waals surface area contributed by atoms with Crippen molar-refractivity contribution in [3.63, 3.8) is 0 Å². The van der Waals surface area contributed by atoms with Crippen LogP contribution in [0.25, 0.3) is 5.69 Å². The number of hydrogen-bond acceptors (Lipinski definition) is 6. The van der Waals surface area contributed by atoms with E-state index >= 15 is 0 Å². The molecule has 9 nitrogen and oxygen atoms in total. The Balaban J connectivity index is 2.21. The molecule has 0 bridgehead atoms. The molecule has 192 valence electrons. The number of amides is 2. The second-order valence-electron chi connectivity index (χ2n) is 9.38. The van der Waals surface area contributed by atoms with Gasteiger partial charge in [-0.2, -0.15) is 5.10 Å². The lowest BCUT2D eigenvalue weighted by atomic mass is 9.92. The number of carbonyl (C=O) groups excluding carboxylic acids is 3. The second-order valence-corrected chi connectivity index (χ2v) is 9.38. The molecular weight excluding hydrogens is 448 g/mol. The van der Waals surface area contributed by atoms with Gasteiger partial charge in [0.05, 0.1) is 31.0 Å². The minimum absolute atomic E-state index is 0.0194. The molecule has 1 N–H and O–H groups in total. The van der Waals surface area contributed by atoms with E-state index in [1.807, 2.05) is 37.3 Å². The number of aromatic nitrogens is 2. The SMILES string of the molecule is CCOC(=O)CCC(=O)N(CCCOC)CC(=O)Nc1cc(C(C)(C)C)nn1-c1ccccc1C. The summed E-state index contributed by atoms with van der Waals surface area (Å²) in [4.78, 5) is 39.0. The number of aryl methyl sites for hydroxylation is 1. The van der Waals surface area contributed by atoms with Crippen molar-refractivity contribution >= 4 is 23.6 Å². The maximum absolute atomic E-state index is 13.1. The fourth-order valence-electron chi connectivity index (χ4n) is 3.47. The first-order chi connectivity index (χ1) is 16.6. The molecule has 2 aromatic rings. The van der Waals surface area contributed by atoms with Crippen molar-refractivity contribution in [3.8, 4) is 5.69 Å². The minimum atomic E-state index is -0.431. The normalized spacial score (nSPS) is 11.3. The van der Waals surface area contributed by atoms with Gasteiger partial charge in [-0.1, -0.05) is 39.0 Å². The number of carbonyl (C=O) groups is 3. The van der Waals surface area contributed by atoms with Crippen molar-refractivity contribution in [3.05, 3.63) is 41.6 Å². The van der Waals surface area contributed by atoms with Gasteiger partial charge in [0.1, 0.15) is 5.82 Å². The Kier molecular flexibility index (Phi) is 10.4. The summed E-state index contributed by atoms with van der Waals surface area (Å²) in [5, 5.41) is 7.69. The summed E-state index contributed by atoms with van der Waals surface area (Å²) >= 11 is 0. The number of rotatable bonds is 12. The van der Waals surface area contributed by atoms with Crippen LogP contribution < -0.4 is 5.32 Å². The molecule has 0 radical (unpaired) electrons. The number of nitrogens with zero attached hydrogens (tertiary/aromatic N) is 3. The van der Waals surface area contributed by atoms with Crippen LogP contribution in [0.2, 0.25) is 0 Å². The Morgan fingerprint density at radius 2 is 1.86 bits per heavy atom. The first-order valence-corrected chi connectivity index (χ1v) is 12.0. The average molecular weight is 487 g/mol. The van der Waals surface area contributed by atoms with Gasteiger partial charge in [0, 0.05) is 38.2 Å². The van der Waals surface area contributed by atoms with Gasteiger partial charge in [-0.05, 0) is 31.9 Å². The van der Waals surface area contributed by atoms with Crippen molar-refractivity contribution in [2.45, 2.75) is 59.3 Å².